The zero-order chi connectivity index (χ0) is 19.6. The van der Waals surface area contributed by atoms with E-state index in [0.717, 1.165) is 12.8 Å². The van der Waals surface area contributed by atoms with Crippen molar-refractivity contribution in [3.63, 3.8) is 0 Å². The van der Waals surface area contributed by atoms with E-state index < -0.39 is 4.92 Å². The molecule has 0 spiro atoms. The van der Waals surface area contributed by atoms with Crippen LogP contribution >= 0.6 is 11.6 Å². The van der Waals surface area contributed by atoms with Crippen LogP contribution < -0.4 is 0 Å². The van der Waals surface area contributed by atoms with Gasteiger partial charge in [0.1, 0.15) is 6.04 Å². The topological polar surface area (TPSA) is 106 Å². The van der Waals surface area contributed by atoms with Gasteiger partial charge < -0.3 is 14.2 Å². The number of non-ortho nitro benzene ring substituents is 1. The molecule has 1 saturated heterocycles. The monoisotopic (exact) mass is 393 g/mol. The largest absolute Gasteiger partial charge is 0.422 e. The van der Waals surface area contributed by atoms with Gasteiger partial charge in [0.25, 0.3) is 11.6 Å². The molecule has 144 valence electrons. The Morgan fingerprint density at radius 2 is 2.15 bits per heavy atom. The molecule has 0 bridgehead atoms. The van der Waals surface area contributed by atoms with Crippen LogP contribution in [0.4, 0.5) is 5.69 Å². The highest BCUT2D eigenvalue weighted by molar-refractivity contribution is 6.31. The molecule has 0 radical (unpaired) electrons. The van der Waals surface area contributed by atoms with Gasteiger partial charge in [0.05, 0.1) is 11.5 Å². The first-order chi connectivity index (χ1) is 12.8. The van der Waals surface area contributed by atoms with Gasteiger partial charge in [-0.1, -0.05) is 11.6 Å². The van der Waals surface area contributed by atoms with Crippen molar-refractivity contribution in [1.82, 2.24) is 20.0 Å². The van der Waals surface area contributed by atoms with Crippen LogP contribution in [0.25, 0.3) is 0 Å². The number of hydrogen-bond acceptors (Lipinski definition) is 7. The number of rotatable bonds is 5. The minimum atomic E-state index is -0.568. The first-order valence-corrected chi connectivity index (χ1v) is 8.96. The van der Waals surface area contributed by atoms with E-state index >= 15 is 0 Å². The SMILES string of the molecule is CN(C)Cc1nnc([C@@H]2CCCCN2C(=O)c2cc(Cl)cc([N+](=O)[O-])c2)o1. The quantitative estimate of drug-likeness (QED) is 0.567. The zero-order valence-corrected chi connectivity index (χ0v) is 15.8. The van der Waals surface area contributed by atoms with Crippen LogP contribution in [-0.2, 0) is 6.54 Å². The lowest BCUT2D eigenvalue weighted by atomic mass is 10.0. The number of piperidine rings is 1. The lowest BCUT2D eigenvalue weighted by molar-refractivity contribution is -0.384. The zero-order valence-electron chi connectivity index (χ0n) is 15.1. The van der Waals surface area contributed by atoms with Crippen LogP contribution in [-0.4, -0.2) is 51.5 Å². The molecule has 2 aromatic rings. The normalized spacial score (nSPS) is 17.3. The predicted octanol–water partition coefficient (Wildman–Crippen LogP) is 3.06. The lowest BCUT2D eigenvalue weighted by Crippen LogP contribution is -2.38. The third-order valence-corrected chi connectivity index (χ3v) is 4.54. The summed E-state index contributed by atoms with van der Waals surface area (Å²) in [5, 5.41) is 19.4. The van der Waals surface area contributed by atoms with Gasteiger partial charge in [-0.25, -0.2) is 0 Å². The van der Waals surface area contributed by atoms with Crippen LogP contribution in [0.3, 0.4) is 0 Å². The van der Waals surface area contributed by atoms with E-state index in [0.29, 0.717) is 31.3 Å². The highest BCUT2D eigenvalue weighted by atomic mass is 35.5. The molecule has 1 fully saturated rings. The second kappa shape index (κ2) is 8.01. The van der Waals surface area contributed by atoms with Crippen molar-refractivity contribution >= 4 is 23.2 Å². The predicted molar refractivity (Wildman–Crippen MR) is 97.4 cm³/mol. The van der Waals surface area contributed by atoms with Gasteiger partial charge in [-0.05, 0) is 39.4 Å². The number of nitrogens with zero attached hydrogens (tertiary/aromatic N) is 5. The molecular formula is C17H20ClN5O4. The number of aromatic nitrogens is 2. The molecule has 10 heteroatoms. The Bertz CT molecular complexity index is 854. The van der Waals surface area contributed by atoms with Gasteiger partial charge >= 0.3 is 0 Å². The summed E-state index contributed by atoms with van der Waals surface area (Å²) in [5.74, 6) is 0.528. The number of likely N-dealkylation sites (tertiary alicyclic amines) is 1. The number of benzene rings is 1. The Kier molecular flexibility index (Phi) is 5.71. The first-order valence-electron chi connectivity index (χ1n) is 8.58. The van der Waals surface area contributed by atoms with Gasteiger partial charge in [-0.2, -0.15) is 0 Å². The molecule has 2 heterocycles. The molecule has 1 aliphatic heterocycles. The Balaban J connectivity index is 1.88. The van der Waals surface area contributed by atoms with Crippen molar-refractivity contribution in [2.24, 2.45) is 0 Å². The summed E-state index contributed by atoms with van der Waals surface area (Å²) in [6.45, 7) is 1.02. The molecular weight excluding hydrogens is 374 g/mol. The number of nitro groups is 1. The van der Waals surface area contributed by atoms with E-state index in [9.17, 15) is 14.9 Å². The molecule has 0 aliphatic carbocycles. The Morgan fingerprint density at radius 1 is 1.37 bits per heavy atom. The number of carbonyl (C=O) groups is 1. The van der Waals surface area contributed by atoms with Crippen molar-refractivity contribution in [3.8, 4) is 0 Å². The highest BCUT2D eigenvalue weighted by Crippen LogP contribution is 2.32. The summed E-state index contributed by atoms with van der Waals surface area (Å²) in [6.07, 6.45) is 2.46. The third-order valence-electron chi connectivity index (χ3n) is 4.32. The van der Waals surface area contributed by atoms with Crippen molar-refractivity contribution in [2.75, 3.05) is 20.6 Å². The highest BCUT2D eigenvalue weighted by Gasteiger charge is 2.33. The summed E-state index contributed by atoms with van der Waals surface area (Å²) in [5.41, 5.74) is -0.0420. The number of hydrogen-bond donors (Lipinski definition) is 0. The number of amides is 1. The fourth-order valence-electron chi connectivity index (χ4n) is 3.14. The number of nitro benzene ring substituents is 1. The average molecular weight is 394 g/mol. The maximum atomic E-state index is 13.0. The molecule has 1 amide bonds. The summed E-state index contributed by atoms with van der Waals surface area (Å²) in [6, 6.07) is 3.55. The fourth-order valence-corrected chi connectivity index (χ4v) is 3.37. The minimum absolute atomic E-state index is 0.146. The van der Waals surface area contributed by atoms with Gasteiger partial charge in [0.15, 0.2) is 0 Å². The number of halogens is 1. The third kappa shape index (κ3) is 4.42. The Hall–Kier alpha value is -2.52. The molecule has 0 saturated carbocycles. The minimum Gasteiger partial charge on any atom is -0.422 e. The summed E-state index contributed by atoms with van der Waals surface area (Å²) < 4.78 is 5.74. The molecule has 3 rings (SSSR count). The molecule has 1 aliphatic rings. The van der Waals surface area contributed by atoms with E-state index in [2.05, 4.69) is 10.2 Å². The maximum absolute atomic E-state index is 13.0. The van der Waals surface area contributed by atoms with E-state index in [-0.39, 0.29) is 28.2 Å². The van der Waals surface area contributed by atoms with E-state index in [4.69, 9.17) is 16.0 Å². The van der Waals surface area contributed by atoms with Gasteiger partial charge in [0, 0.05) is 29.3 Å². The molecule has 1 aromatic carbocycles. The summed E-state index contributed by atoms with van der Waals surface area (Å²) >= 11 is 5.96. The Morgan fingerprint density at radius 3 is 2.85 bits per heavy atom. The summed E-state index contributed by atoms with van der Waals surface area (Å²) in [7, 11) is 3.79. The standard InChI is InChI=1S/C17H20ClN5O4/c1-21(2)10-15-19-20-16(27-15)14-5-3-4-6-22(14)17(24)11-7-12(18)9-13(8-11)23(25)26/h7-9,14H,3-6,10H2,1-2H3/t14-/m0/s1. The van der Waals surface area contributed by atoms with Crippen molar-refractivity contribution in [1.29, 1.82) is 0 Å². The average Bonchev–Trinajstić information content (AvgIpc) is 3.08. The first kappa shape index (κ1) is 19.2. The van der Waals surface area contributed by atoms with E-state index in [1.54, 1.807) is 4.90 Å². The summed E-state index contributed by atoms with van der Waals surface area (Å²) in [4.78, 5) is 27.1. The van der Waals surface area contributed by atoms with Crippen LogP contribution in [0.5, 0.6) is 0 Å². The number of carbonyl (C=O) groups excluding carboxylic acids is 1. The maximum Gasteiger partial charge on any atom is 0.271 e. The van der Waals surface area contributed by atoms with Gasteiger partial charge in [-0.3, -0.25) is 14.9 Å². The smallest absolute Gasteiger partial charge is 0.271 e. The Labute approximate surface area is 161 Å². The molecule has 0 N–H and O–H groups in total. The van der Waals surface area contributed by atoms with Crippen LogP contribution in [0, 0.1) is 10.1 Å². The second-order valence-electron chi connectivity index (χ2n) is 6.74. The molecule has 1 atom stereocenters. The van der Waals surface area contributed by atoms with E-state index in [1.165, 1.54) is 18.2 Å². The molecule has 0 unspecified atom stereocenters. The van der Waals surface area contributed by atoms with Crippen molar-refractivity contribution < 1.29 is 14.1 Å². The fraction of sp³-hybridized carbons (Fsp3) is 0.471. The molecule has 1 aromatic heterocycles. The second-order valence-corrected chi connectivity index (χ2v) is 7.17. The van der Waals surface area contributed by atoms with Crippen molar-refractivity contribution in [3.05, 3.63) is 50.7 Å². The van der Waals surface area contributed by atoms with E-state index in [1.807, 2.05) is 19.0 Å². The lowest BCUT2D eigenvalue weighted by Gasteiger charge is -2.33. The van der Waals surface area contributed by atoms with Crippen LogP contribution in [0.15, 0.2) is 22.6 Å². The van der Waals surface area contributed by atoms with Crippen LogP contribution in [0.2, 0.25) is 5.02 Å². The van der Waals surface area contributed by atoms with Gasteiger partial charge in [-0.15, -0.1) is 10.2 Å². The van der Waals surface area contributed by atoms with Crippen LogP contribution in [0.1, 0.15) is 47.4 Å². The molecule has 9 nitrogen and oxygen atoms in total. The van der Waals surface area contributed by atoms with Gasteiger partial charge in [0.2, 0.25) is 11.8 Å². The van der Waals surface area contributed by atoms with Crippen molar-refractivity contribution in [2.45, 2.75) is 31.8 Å². The molecule has 27 heavy (non-hydrogen) atoms.